The van der Waals surface area contributed by atoms with Crippen LogP contribution in [0.1, 0.15) is 15.9 Å². The van der Waals surface area contributed by atoms with Crippen LogP contribution >= 0.6 is 0 Å². The number of H-pyrrole nitrogens is 1. The fraction of sp³-hybridized carbons (Fsp3) is 0.0588. The number of imidazole rings is 1. The molecule has 0 atom stereocenters. The summed E-state index contributed by atoms with van der Waals surface area (Å²) in [6.07, 6.45) is -1.40. The normalized spacial score (nSPS) is 11.3. The van der Waals surface area contributed by atoms with Gasteiger partial charge in [-0.3, -0.25) is 4.79 Å². The summed E-state index contributed by atoms with van der Waals surface area (Å²) in [5.41, 5.74) is 0.677. The van der Waals surface area contributed by atoms with E-state index in [2.05, 4.69) is 15.3 Å². The highest BCUT2D eigenvalue weighted by molar-refractivity contribution is 6.05. The molecule has 122 valence electrons. The molecule has 0 spiro atoms. The number of rotatable bonds is 3. The van der Waals surface area contributed by atoms with Crippen molar-refractivity contribution in [2.24, 2.45) is 0 Å². The highest BCUT2D eigenvalue weighted by Gasteiger charge is 2.34. The average molecular weight is 331 g/mol. The predicted molar refractivity (Wildman–Crippen MR) is 83.4 cm³/mol. The number of aromatic nitrogens is 2. The lowest BCUT2D eigenvalue weighted by molar-refractivity contribution is -0.137. The Hall–Kier alpha value is -3.09. The number of aromatic amines is 1. The maximum absolute atomic E-state index is 13.0. The largest absolute Gasteiger partial charge is 0.417 e. The molecule has 0 bridgehead atoms. The predicted octanol–water partition coefficient (Wildman–Crippen LogP) is 4.35. The number of carbonyl (C=O) groups is 1. The number of carbonyl (C=O) groups excluding carboxylic acids is 1. The molecule has 3 aromatic rings. The maximum Gasteiger partial charge on any atom is 0.417 e. The van der Waals surface area contributed by atoms with Crippen LogP contribution in [0, 0.1) is 0 Å². The molecule has 2 aromatic carbocycles. The van der Waals surface area contributed by atoms with Crippen molar-refractivity contribution in [3.63, 3.8) is 0 Å². The van der Waals surface area contributed by atoms with Crippen molar-refractivity contribution >= 4 is 11.6 Å². The first kappa shape index (κ1) is 15.8. The standard InChI is InChI=1S/C17H12F3N3O/c18-17(19,20)14-4-2-1-3-13(14)16(24)23-12-7-5-11(6-8-12)15-9-21-10-22-15/h1-10H,(H,21,22)(H,23,24). The zero-order valence-electron chi connectivity index (χ0n) is 12.3. The lowest BCUT2D eigenvalue weighted by Gasteiger charge is -2.12. The van der Waals surface area contributed by atoms with Gasteiger partial charge < -0.3 is 10.3 Å². The number of halogens is 3. The molecule has 3 rings (SSSR count). The summed E-state index contributed by atoms with van der Waals surface area (Å²) in [6.45, 7) is 0. The van der Waals surface area contributed by atoms with Gasteiger partial charge >= 0.3 is 6.18 Å². The lowest BCUT2D eigenvalue weighted by atomic mass is 10.1. The fourth-order valence-electron chi connectivity index (χ4n) is 2.27. The molecule has 0 saturated heterocycles. The lowest BCUT2D eigenvalue weighted by Crippen LogP contribution is -2.18. The van der Waals surface area contributed by atoms with Crippen LogP contribution in [0.3, 0.4) is 0 Å². The van der Waals surface area contributed by atoms with Gasteiger partial charge in [0.15, 0.2) is 0 Å². The molecule has 7 heteroatoms. The first-order valence-corrected chi connectivity index (χ1v) is 7.01. The van der Waals surface area contributed by atoms with Crippen molar-refractivity contribution < 1.29 is 18.0 Å². The molecule has 0 radical (unpaired) electrons. The highest BCUT2D eigenvalue weighted by atomic mass is 19.4. The summed E-state index contributed by atoms with van der Waals surface area (Å²) in [4.78, 5) is 19.0. The van der Waals surface area contributed by atoms with Crippen LogP contribution in [0.25, 0.3) is 11.3 Å². The molecule has 24 heavy (non-hydrogen) atoms. The van der Waals surface area contributed by atoms with Crippen LogP contribution in [0.15, 0.2) is 61.1 Å². The van der Waals surface area contributed by atoms with E-state index in [9.17, 15) is 18.0 Å². The molecule has 1 aromatic heterocycles. The van der Waals surface area contributed by atoms with E-state index >= 15 is 0 Å². The minimum atomic E-state index is -4.58. The molecule has 0 aliphatic heterocycles. The van der Waals surface area contributed by atoms with Crippen LogP contribution in [-0.4, -0.2) is 15.9 Å². The first-order valence-electron chi connectivity index (χ1n) is 7.01. The van der Waals surface area contributed by atoms with Gasteiger partial charge in [-0.1, -0.05) is 24.3 Å². The third-order valence-electron chi connectivity index (χ3n) is 3.43. The Bertz CT molecular complexity index is 840. The average Bonchev–Trinajstić information content (AvgIpc) is 3.09. The molecule has 0 aliphatic carbocycles. The molecule has 2 N–H and O–H groups in total. The summed E-state index contributed by atoms with van der Waals surface area (Å²) in [5, 5.41) is 2.48. The molecule has 4 nitrogen and oxygen atoms in total. The molecular formula is C17H12F3N3O. The quantitative estimate of drug-likeness (QED) is 0.750. The second-order valence-corrected chi connectivity index (χ2v) is 5.04. The van der Waals surface area contributed by atoms with Crippen molar-refractivity contribution in [2.75, 3.05) is 5.32 Å². The topological polar surface area (TPSA) is 57.8 Å². The molecule has 0 fully saturated rings. The van der Waals surface area contributed by atoms with Gasteiger partial charge in [0, 0.05) is 5.69 Å². The Morgan fingerprint density at radius 3 is 2.38 bits per heavy atom. The van der Waals surface area contributed by atoms with Gasteiger partial charge in [-0.25, -0.2) is 4.98 Å². The van der Waals surface area contributed by atoms with Gasteiger partial charge in [-0.15, -0.1) is 0 Å². The molecule has 0 saturated carbocycles. The molecule has 1 amide bonds. The first-order chi connectivity index (χ1) is 11.4. The van der Waals surface area contributed by atoms with Crippen LogP contribution in [0.5, 0.6) is 0 Å². The summed E-state index contributed by atoms with van der Waals surface area (Å²) < 4.78 is 38.9. The highest BCUT2D eigenvalue weighted by Crippen LogP contribution is 2.32. The summed E-state index contributed by atoms with van der Waals surface area (Å²) in [5.74, 6) is -0.808. The molecule has 0 unspecified atom stereocenters. The van der Waals surface area contributed by atoms with E-state index in [1.54, 1.807) is 36.8 Å². The SMILES string of the molecule is O=C(Nc1ccc(-c2cnc[nH]2)cc1)c1ccccc1C(F)(F)F. The molecular weight excluding hydrogens is 319 g/mol. The third kappa shape index (κ3) is 3.29. The Morgan fingerprint density at radius 1 is 1.04 bits per heavy atom. The number of hydrogen-bond donors (Lipinski definition) is 2. The van der Waals surface area contributed by atoms with Crippen LogP contribution < -0.4 is 5.32 Å². The number of benzene rings is 2. The van der Waals surface area contributed by atoms with E-state index in [-0.39, 0.29) is 0 Å². The van der Waals surface area contributed by atoms with Crippen molar-refractivity contribution in [3.05, 3.63) is 72.2 Å². The van der Waals surface area contributed by atoms with Gasteiger partial charge in [0.05, 0.1) is 29.3 Å². The Balaban J connectivity index is 1.81. The van der Waals surface area contributed by atoms with E-state index in [0.717, 1.165) is 23.4 Å². The third-order valence-corrected chi connectivity index (χ3v) is 3.43. The Morgan fingerprint density at radius 2 is 1.75 bits per heavy atom. The van der Waals surface area contributed by atoms with E-state index in [4.69, 9.17) is 0 Å². The van der Waals surface area contributed by atoms with Gasteiger partial charge in [0.2, 0.25) is 0 Å². The van der Waals surface area contributed by atoms with Crippen molar-refractivity contribution in [3.8, 4) is 11.3 Å². The number of hydrogen-bond acceptors (Lipinski definition) is 2. The van der Waals surface area contributed by atoms with E-state index in [1.165, 1.54) is 12.1 Å². The minimum Gasteiger partial charge on any atom is -0.345 e. The van der Waals surface area contributed by atoms with Gasteiger partial charge in [-0.05, 0) is 29.8 Å². The smallest absolute Gasteiger partial charge is 0.345 e. The van der Waals surface area contributed by atoms with Crippen LogP contribution in [0.4, 0.5) is 18.9 Å². The van der Waals surface area contributed by atoms with Gasteiger partial charge in [-0.2, -0.15) is 13.2 Å². The molecule has 0 aliphatic rings. The summed E-state index contributed by atoms with van der Waals surface area (Å²) >= 11 is 0. The zero-order chi connectivity index (χ0) is 17.2. The van der Waals surface area contributed by atoms with Gasteiger partial charge in [0.25, 0.3) is 5.91 Å². The second-order valence-electron chi connectivity index (χ2n) is 5.04. The number of nitrogens with zero attached hydrogens (tertiary/aromatic N) is 1. The van der Waals surface area contributed by atoms with Crippen molar-refractivity contribution in [2.45, 2.75) is 6.18 Å². The monoisotopic (exact) mass is 331 g/mol. The minimum absolute atomic E-state index is 0.403. The molecule has 1 heterocycles. The summed E-state index contributed by atoms with van der Waals surface area (Å²) in [6, 6.07) is 11.4. The summed E-state index contributed by atoms with van der Waals surface area (Å²) in [7, 11) is 0. The fourth-order valence-corrected chi connectivity index (χ4v) is 2.27. The van der Waals surface area contributed by atoms with E-state index in [1.807, 2.05) is 0 Å². The van der Waals surface area contributed by atoms with Crippen LogP contribution in [-0.2, 0) is 6.18 Å². The van der Waals surface area contributed by atoms with Crippen molar-refractivity contribution in [1.29, 1.82) is 0 Å². The Labute approximate surface area is 135 Å². The van der Waals surface area contributed by atoms with Gasteiger partial charge in [0.1, 0.15) is 0 Å². The number of anilines is 1. The number of amides is 1. The van der Waals surface area contributed by atoms with E-state index in [0.29, 0.717) is 5.69 Å². The van der Waals surface area contributed by atoms with Crippen molar-refractivity contribution in [1.82, 2.24) is 9.97 Å². The zero-order valence-corrected chi connectivity index (χ0v) is 12.3. The van der Waals surface area contributed by atoms with Crippen LogP contribution in [0.2, 0.25) is 0 Å². The number of nitrogens with one attached hydrogen (secondary N) is 2. The number of alkyl halides is 3. The maximum atomic E-state index is 13.0. The second kappa shape index (κ2) is 6.19. The van der Waals surface area contributed by atoms with E-state index < -0.39 is 23.2 Å². The Kier molecular flexibility index (Phi) is 4.07.